The van der Waals surface area contributed by atoms with Crippen molar-refractivity contribution in [1.29, 1.82) is 0 Å². The van der Waals surface area contributed by atoms with Crippen LogP contribution in [0.25, 0.3) is 6.08 Å². The summed E-state index contributed by atoms with van der Waals surface area (Å²) in [5.74, 6) is 5.13. The topological polar surface area (TPSA) is 74.6 Å². The number of fused-ring (bicyclic) bond motifs is 1. The fourth-order valence-corrected chi connectivity index (χ4v) is 3.54. The van der Waals surface area contributed by atoms with Gasteiger partial charge < -0.3 is 20.5 Å². The van der Waals surface area contributed by atoms with E-state index in [1.54, 1.807) is 6.20 Å². The van der Waals surface area contributed by atoms with E-state index in [1.807, 2.05) is 44.4 Å². The second-order valence-electron chi connectivity index (χ2n) is 7.50. The molecule has 0 radical (unpaired) electrons. The zero-order chi connectivity index (χ0) is 25.3. The van der Waals surface area contributed by atoms with Crippen LogP contribution < -0.4 is 15.4 Å². The lowest BCUT2D eigenvalue weighted by Crippen LogP contribution is -2.09. The lowest BCUT2D eigenvalue weighted by Gasteiger charge is -2.18. The van der Waals surface area contributed by atoms with Crippen LogP contribution in [0.5, 0.6) is 5.75 Å². The zero-order valence-corrected chi connectivity index (χ0v) is 20.7. The summed E-state index contributed by atoms with van der Waals surface area (Å²) in [6, 6.07) is 10.1. The minimum atomic E-state index is 0.775. The summed E-state index contributed by atoms with van der Waals surface area (Å²) in [5, 5.41) is 7.00. The fraction of sp³-hybridized carbons (Fsp3) is 0.214. The molecule has 2 aliphatic heterocycles. The quantitative estimate of drug-likeness (QED) is 0.532. The lowest BCUT2D eigenvalue weighted by atomic mass is 10.1. The molecule has 0 bridgehead atoms. The first kappa shape index (κ1) is 26.3. The molecule has 0 amide bonds. The predicted octanol–water partition coefficient (Wildman–Crippen LogP) is 4.25. The Balaban J connectivity index is 0.000000970. The molecule has 34 heavy (non-hydrogen) atoms. The Morgan fingerprint density at radius 1 is 1.09 bits per heavy atom. The maximum atomic E-state index is 7.00. The molecule has 2 aliphatic rings. The third kappa shape index (κ3) is 5.90. The van der Waals surface area contributed by atoms with Gasteiger partial charge in [0.15, 0.2) is 6.20 Å². The van der Waals surface area contributed by atoms with Crippen molar-refractivity contribution in [3.8, 4) is 18.1 Å². The summed E-state index contributed by atoms with van der Waals surface area (Å²) in [5.41, 5.74) is 10.8. The molecule has 3 N–H and O–H groups in total. The van der Waals surface area contributed by atoms with Crippen molar-refractivity contribution in [3.63, 3.8) is 0 Å². The number of aliphatic hydroxyl groups is 1. The van der Waals surface area contributed by atoms with Crippen LogP contribution in [-0.2, 0) is 0 Å². The maximum absolute atomic E-state index is 7.00. The van der Waals surface area contributed by atoms with Crippen molar-refractivity contribution < 1.29 is 14.4 Å². The van der Waals surface area contributed by atoms with E-state index in [2.05, 4.69) is 70.3 Å². The zero-order valence-electron chi connectivity index (χ0n) is 20.7. The Kier molecular flexibility index (Phi) is 9.57. The number of benzene rings is 1. The standard InChI is InChI=1S/C26H24N3O.CH5N.CH4O/c1-6-20-7-14-26(27-17-20)29-18(2)15-21(19(29)3)8-11-24-12-9-22-16-23(28(4)5)10-13-25(22)30-24;2*1-2/h1,7-17H,2-5H3;2H2,1H3;2H,1H3/q+1;;/b21-8+,24-11-;;. The Morgan fingerprint density at radius 3 is 2.44 bits per heavy atom. The summed E-state index contributed by atoms with van der Waals surface area (Å²) in [6.07, 6.45) is 17.5. The Hall–Kier alpha value is -3.92. The van der Waals surface area contributed by atoms with E-state index < -0.39 is 0 Å². The molecule has 0 saturated heterocycles. The molecule has 6 nitrogen and oxygen atoms in total. The highest BCUT2D eigenvalue weighted by Crippen LogP contribution is 2.31. The van der Waals surface area contributed by atoms with Gasteiger partial charge in [-0.25, -0.2) is 0 Å². The number of ether oxygens (including phenoxy) is 1. The van der Waals surface area contributed by atoms with Gasteiger partial charge in [0.25, 0.3) is 0 Å². The van der Waals surface area contributed by atoms with Crippen LogP contribution in [0.2, 0.25) is 0 Å². The number of terminal acetylenes is 1. The van der Waals surface area contributed by atoms with Crippen LogP contribution in [0.15, 0.2) is 77.9 Å². The number of nitrogens with two attached hydrogens (primary N) is 1. The molecule has 3 heterocycles. The SMILES string of the molecule is C#Cc1ccc([N+]2=C(C)/C(=C/C=C3/C=Cc4cc(N(C)C)ccc4O3)C=C2C)nc1.CN.CO. The third-order valence-electron chi connectivity index (χ3n) is 5.21. The first-order valence-corrected chi connectivity index (χ1v) is 10.8. The van der Waals surface area contributed by atoms with Crippen molar-refractivity contribution in [1.82, 2.24) is 4.98 Å². The minimum absolute atomic E-state index is 0.775. The van der Waals surface area contributed by atoms with E-state index in [-0.39, 0.29) is 0 Å². The Labute approximate surface area is 202 Å². The second kappa shape index (κ2) is 12.4. The van der Waals surface area contributed by atoms with Crippen LogP contribution in [0.1, 0.15) is 25.0 Å². The normalized spacial score (nSPS) is 15.9. The summed E-state index contributed by atoms with van der Waals surface area (Å²) in [6.45, 7) is 4.16. The van der Waals surface area contributed by atoms with Crippen LogP contribution in [0.4, 0.5) is 11.5 Å². The Morgan fingerprint density at radius 2 is 1.82 bits per heavy atom. The summed E-state index contributed by atoms with van der Waals surface area (Å²) in [7, 11) is 6.57. The average Bonchev–Trinajstić information content (AvgIpc) is 3.17. The number of aromatic nitrogens is 1. The van der Waals surface area contributed by atoms with E-state index in [9.17, 15) is 0 Å². The number of allylic oxidation sites excluding steroid dienone is 6. The molecule has 0 spiro atoms. The first-order chi connectivity index (χ1) is 16.5. The summed E-state index contributed by atoms with van der Waals surface area (Å²) in [4.78, 5) is 6.58. The molecule has 0 aliphatic carbocycles. The van der Waals surface area contributed by atoms with Gasteiger partial charge in [-0.3, -0.25) is 0 Å². The van der Waals surface area contributed by atoms with Gasteiger partial charge >= 0.3 is 5.82 Å². The Bertz CT molecular complexity index is 1210. The lowest BCUT2D eigenvalue weighted by molar-refractivity contribution is -0.384. The van der Waals surface area contributed by atoms with Gasteiger partial charge in [0, 0.05) is 44.1 Å². The molecule has 0 atom stereocenters. The number of hydrogen-bond donors (Lipinski definition) is 2. The maximum Gasteiger partial charge on any atom is 0.328 e. The van der Waals surface area contributed by atoms with Gasteiger partial charge in [0.1, 0.15) is 22.9 Å². The summed E-state index contributed by atoms with van der Waals surface area (Å²) >= 11 is 0. The number of rotatable bonds is 3. The van der Waals surface area contributed by atoms with Gasteiger partial charge in [0.2, 0.25) is 0 Å². The molecular formula is C28H33N4O2+. The monoisotopic (exact) mass is 457 g/mol. The summed E-state index contributed by atoms with van der Waals surface area (Å²) < 4.78 is 8.19. The smallest absolute Gasteiger partial charge is 0.328 e. The van der Waals surface area contributed by atoms with Crippen molar-refractivity contribution in [2.45, 2.75) is 13.8 Å². The van der Waals surface area contributed by atoms with E-state index in [0.717, 1.165) is 58.2 Å². The van der Waals surface area contributed by atoms with Crippen LogP contribution in [0, 0.1) is 12.3 Å². The average molecular weight is 458 g/mol. The fourth-order valence-electron chi connectivity index (χ4n) is 3.54. The van der Waals surface area contributed by atoms with Crippen molar-refractivity contribution in [3.05, 3.63) is 89.0 Å². The van der Waals surface area contributed by atoms with Gasteiger partial charge in [-0.2, -0.15) is 4.58 Å². The van der Waals surface area contributed by atoms with E-state index >= 15 is 0 Å². The number of anilines is 1. The highest BCUT2D eigenvalue weighted by Gasteiger charge is 2.23. The van der Waals surface area contributed by atoms with Gasteiger partial charge in [-0.05, 0) is 80.5 Å². The van der Waals surface area contributed by atoms with Gasteiger partial charge in [0.05, 0.1) is 5.56 Å². The first-order valence-electron chi connectivity index (χ1n) is 10.8. The van der Waals surface area contributed by atoms with Crippen molar-refractivity contribution in [2.75, 3.05) is 33.2 Å². The van der Waals surface area contributed by atoms with E-state index in [4.69, 9.17) is 16.3 Å². The molecular weight excluding hydrogens is 424 g/mol. The molecule has 0 unspecified atom stereocenters. The van der Waals surface area contributed by atoms with Gasteiger partial charge in [-0.1, -0.05) is 5.92 Å². The molecule has 1 aromatic heterocycles. The van der Waals surface area contributed by atoms with Crippen LogP contribution in [-0.4, -0.2) is 48.6 Å². The number of hydrogen-bond acceptors (Lipinski definition) is 5. The molecule has 0 fully saturated rings. The van der Waals surface area contributed by atoms with Crippen molar-refractivity contribution in [2.24, 2.45) is 5.73 Å². The molecule has 6 heteroatoms. The molecule has 176 valence electrons. The highest BCUT2D eigenvalue weighted by molar-refractivity contribution is 5.99. The highest BCUT2D eigenvalue weighted by atomic mass is 16.5. The predicted molar refractivity (Wildman–Crippen MR) is 141 cm³/mol. The van der Waals surface area contributed by atoms with Crippen molar-refractivity contribution >= 4 is 23.3 Å². The second-order valence-corrected chi connectivity index (χ2v) is 7.50. The number of pyridine rings is 1. The molecule has 1 aromatic carbocycles. The van der Waals surface area contributed by atoms with E-state index in [1.165, 1.54) is 7.05 Å². The van der Waals surface area contributed by atoms with Crippen LogP contribution >= 0.6 is 0 Å². The molecule has 4 rings (SSSR count). The number of aliphatic hydroxyl groups excluding tert-OH is 1. The largest absolute Gasteiger partial charge is 0.457 e. The van der Waals surface area contributed by atoms with Gasteiger partial charge in [-0.15, -0.1) is 6.42 Å². The molecule has 2 aromatic rings. The minimum Gasteiger partial charge on any atom is -0.457 e. The van der Waals surface area contributed by atoms with Crippen LogP contribution in [0.3, 0.4) is 0 Å². The third-order valence-corrected chi connectivity index (χ3v) is 5.21. The molecule has 0 saturated carbocycles. The number of nitrogens with zero attached hydrogens (tertiary/aromatic N) is 3. The van der Waals surface area contributed by atoms with E-state index in [0.29, 0.717) is 0 Å².